The first-order valence-corrected chi connectivity index (χ1v) is 5.88. The number of amides is 1. The number of carbonyl (C=O) groups is 1. The van der Waals surface area contributed by atoms with Crippen LogP contribution in [0.5, 0.6) is 0 Å². The maximum Gasteiger partial charge on any atom is 0.226 e. The van der Waals surface area contributed by atoms with E-state index in [0.717, 1.165) is 16.6 Å². The van der Waals surface area contributed by atoms with Crippen molar-refractivity contribution in [3.05, 3.63) is 41.0 Å². The Morgan fingerprint density at radius 2 is 2.18 bits per heavy atom. The maximum absolute atomic E-state index is 11.4. The normalized spacial score (nSPS) is 10.5. The summed E-state index contributed by atoms with van der Waals surface area (Å²) < 4.78 is 0. The van der Waals surface area contributed by atoms with Gasteiger partial charge in [0.05, 0.1) is 17.6 Å². The predicted octanol–water partition coefficient (Wildman–Crippen LogP) is 2.57. The fraction of sp³-hybridized carbons (Fsp3) is 0.231. The van der Waals surface area contributed by atoms with Crippen LogP contribution in [0.15, 0.2) is 30.3 Å². The van der Waals surface area contributed by atoms with Crippen LogP contribution in [0.25, 0.3) is 10.9 Å². The van der Waals surface area contributed by atoms with Gasteiger partial charge in [0.25, 0.3) is 0 Å². The number of nitrogens with one attached hydrogen (secondary N) is 1. The minimum Gasteiger partial charge on any atom is -0.356 e. The third-order valence-corrected chi connectivity index (χ3v) is 2.66. The molecule has 4 heteroatoms. The lowest BCUT2D eigenvalue weighted by atomic mass is 10.2. The minimum atomic E-state index is -0.00619. The van der Waals surface area contributed by atoms with Gasteiger partial charge in [0.2, 0.25) is 5.91 Å². The van der Waals surface area contributed by atoms with Gasteiger partial charge >= 0.3 is 0 Å². The van der Waals surface area contributed by atoms with E-state index in [0.29, 0.717) is 18.0 Å². The number of fused-ring (bicyclic) bond motifs is 1. The summed E-state index contributed by atoms with van der Waals surface area (Å²) in [6, 6.07) is 9.31. The zero-order valence-corrected chi connectivity index (χ0v) is 10.3. The predicted molar refractivity (Wildman–Crippen MR) is 69.1 cm³/mol. The highest BCUT2D eigenvalue weighted by molar-refractivity contribution is 6.31. The van der Waals surface area contributed by atoms with Crippen LogP contribution in [-0.4, -0.2) is 17.4 Å². The second kappa shape index (κ2) is 5.15. The molecule has 0 aliphatic rings. The number of benzene rings is 1. The molecule has 1 N–H and O–H groups in total. The van der Waals surface area contributed by atoms with Crippen molar-refractivity contribution < 1.29 is 4.79 Å². The van der Waals surface area contributed by atoms with Crippen LogP contribution in [0.2, 0.25) is 5.02 Å². The second-order valence-corrected chi connectivity index (χ2v) is 4.21. The van der Waals surface area contributed by atoms with E-state index in [4.69, 9.17) is 11.6 Å². The fourth-order valence-electron chi connectivity index (χ4n) is 1.66. The molecule has 3 nitrogen and oxygen atoms in total. The zero-order valence-electron chi connectivity index (χ0n) is 9.53. The largest absolute Gasteiger partial charge is 0.356 e. The van der Waals surface area contributed by atoms with Gasteiger partial charge in [-0.05, 0) is 31.2 Å². The topological polar surface area (TPSA) is 42.0 Å². The highest BCUT2D eigenvalue weighted by Crippen LogP contribution is 2.18. The van der Waals surface area contributed by atoms with E-state index >= 15 is 0 Å². The molecule has 0 fully saturated rings. The highest BCUT2D eigenvalue weighted by atomic mass is 35.5. The van der Waals surface area contributed by atoms with Gasteiger partial charge in [-0.25, -0.2) is 0 Å². The van der Waals surface area contributed by atoms with E-state index in [2.05, 4.69) is 10.3 Å². The third-order valence-electron chi connectivity index (χ3n) is 2.42. The van der Waals surface area contributed by atoms with Crippen LogP contribution in [0.3, 0.4) is 0 Å². The average Bonchev–Trinajstić information content (AvgIpc) is 2.29. The summed E-state index contributed by atoms with van der Waals surface area (Å²) in [4.78, 5) is 15.8. The first-order chi connectivity index (χ1) is 8.19. The molecule has 0 aliphatic carbocycles. The molecule has 0 unspecified atom stereocenters. The molecule has 0 atom stereocenters. The molecule has 2 aromatic rings. The molecule has 17 heavy (non-hydrogen) atoms. The maximum atomic E-state index is 11.4. The molecule has 1 aromatic heterocycles. The lowest BCUT2D eigenvalue weighted by molar-refractivity contribution is -0.120. The van der Waals surface area contributed by atoms with Gasteiger partial charge in [0, 0.05) is 17.0 Å². The molecule has 0 saturated carbocycles. The molecule has 2 rings (SSSR count). The summed E-state index contributed by atoms with van der Waals surface area (Å²) >= 11 is 5.89. The SMILES string of the molecule is CCNC(=O)Cc1ccc2cc(Cl)ccc2n1. The van der Waals surface area contributed by atoms with Crippen molar-refractivity contribution in [1.82, 2.24) is 10.3 Å². The summed E-state index contributed by atoms with van der Waals surface area (Å²) in [5.74, 6) is -0.00619. The van der Waals surface area contributed by atoms with Crippen molar-refractivity contribution in [3.8, 4) is 0 Å². The van der Waals surface area contributed by atoms with E-state index in [1.54, 1.807) is 6.07 Å². The van der Waals surface area contributed by atoms with Gasteiger partial charge < -0.3 is 5.32 Å². The molecule has 0 aliphatic heterocycles. The number of carbonyl (C=O) groups excluding carboxylic acids is 1. The molecular weight excluding hydrogens is 236 g/mol. The Balaban J connectivity index is 2.26. The number of nitrogens with zero attached hydrogens (tertiary/aromatic N) is 1. The van der Waals surface area contributed by atoms with Crippen LogP contribution in [0.4, 0.5) is 0 Å². The Hall–Kier alpha value is -1.61. The van der Waals surface area contributed by atoms with Gasteiger partial charge in [-0.3, -0.25) is 9.78 Å². The summed E-state index contributed by atoms with van der Waals surface area (Å²) in [6.07, 6.45) is 0.312. The summed E-state index contributed by atoms with van der Waals surface area (Å²) in [5.41, 5.74) is 1.63. The summed E-state index contributed by atoms with van der Waals surface area (Å²) in [5, 5.41) is 4.43. The Labute approximate surface area is 105 Å². The average molecular weight is 249 g/mol. The monoisotopic (exact) mass is 248 g/mol. The van der Waals surface area contributed by atoms with E-state index in [1.165, 1.54) is 0 Å². The fourth-order valence-corrected chi connectivity index (χ4v) is 1.84. The quantitative estimate of drug-likeness (QED) is 0.907. The van der Waals surface area contributed by atoms with E-state index < -0.39 is 0 Å². The van der Waals surface area contributed by atoms with Gasteiger partial charge in [0.1, 0.15) is 0 Å². The first-order valence-electron chi connectivity index (χ1n) is 5.51. The molecular formula is C13H13ClN2O. The van der Waals surface area contributed by atoms with Crippen molar-refractivity contribution in [1.29, 1.82) is 0 Å². The molecule has 0 saturated heterocycles. The van der Waals surface area contributed by atoms with Gasteiger partial charge in [-0.1, -0.05) is 17.7 Å². The number of hydrogen-bond donors (Lipinski definition) is 1. The Morgan fingerprint density at radius 3 is 2.94 bits per heavy atom. The molecule has 0 radical (unpaired) electrons. The van der Waals surface area contributed by atoms with E-state index in [1.807, 2.05) is 31.2 Å². The molecule has 1 heterocycles. The van der Waals surface area contributed by atoms with Crippen molar-refractivity contribution in [2.75, 3.05) is 6.54 Å². The van der Waals surface area contributed by atoms with Crippen molar-refractivity contribution in [3.63, 3.8) is 0 Å². The number of halogens is 1. The van der Waals surface area contributed by atoms with Crippen LogP contribution in [0, 0.1) is 0 Å². The number of likely N-dealkylation sites (N-methyl/N-ethyl adjacent to an activating group) is 1. The molecule has 1 amide bonds. The van der Waals surface area contributed by atoms with E-state index in [-0.39, 0.29) is 5.91 Å². The van der Waals surface area contributed by atoms with Gasteiger partial charge in [-0.2, -0.15) is 0 Å². The van der Waals surface area contributed by atoms with Crippen LogP contribution >= 0.6 is 11.6 Å². The number of rotatable bonds is 3. The summed E-state index contributed by atoms with van der Waals surface area (Å²) in [7, 11) is 0. The lowest BCUT2D eigenvalue weighted by Crippen LogP contribution is -2.24. The van der Waals surface area contributed by atoms with Crippen molar-refractivity contribution >= 4 is 28.4 Å². The van der Waals surface area contributed by atoms with Crippen LogP contribution in [-0.2, 0) is 11.2 Å². The molecule has 0 bridgehead atoms. The van der Waals surface area contributed by atoms with Gasteiger partial charge in [-0.15, -0.1) is 0 Å². The molecule has 0 spiro atoms. The van der Waals surface area contributed by atoms with Crippen LogP contribution < -0.4 is 5.32 Å². The van der Waals surface area contributed by atoms with E-state index in [9.17, 15) is 4.79 Å². The van der Waals surface area contributed by atoms with Crippen molar-refractivity contribution in [2.45, 2.75) is 13.3 Å². The molecule has 1 aromatic carbocycles. The lowest BCUT2D eigenvalue weighted by Gasteiger charge is -2.03. The Kier molecular flexibility index (Phi) is 3.59. The highest BCUT2D eigenvalue weighted by Gasteiger charge is 2.04. The van der Waals surface area contributed by atoms with Gasteiger partial charge in [0.15, 0.2) is 0 Å². The van der Waals surface area contributed by atoms with Crippen molar-refractivity contribution in [2.24, 2.45) is 0 Å². The second-order valence-electron chi connectivity index (χ2n) is 3.77. The molecule has 88 valence electrons. The Bertz CT molecular complexity index is 554. The smallest absolute Gasteiger partial charge is 0.226 e. The first kappa shape index (κ1) is 11.9. The number of hydrogen-bond acceptors (Lipinski definition) is 2. The van der Waals surface area contributed by atoms with Crippen LogP contribution in [0.1, 0.15) is 12.6 Å². The zero-order chi connectivity index (χ0) is 12.3. The Morgan fingerprint density at radius 1 is 1.35 bits per heavy atom. The number of aromatic nitrogens is 1. The number of pyridine rings is 1. The third kappa shape index (κ3) is 2.94. The standard InChI is InChI=1S/C13H13ClN2O/c1-2-15-13(17)8-11-5-3-9-7-10(14)4-6-12(9)16-11/h3-7H,2,8H2,1H3,(H,15,17). The minimum absolute atomic E-state index is 0.00619. The summed E-state index contributed by atoms with van der Waals surface area (Å²) in [6.45, 7) is 2.54.